The van der Waals surface area contributed by atoms with Crippen LogP contribution >= 0.6 is 23.2 Å². The van der Waals surface area contributed by atoms with E-state index in [2.05, 4.69) is 0 Å². The predicted octanol–water partition coefficient (Wildman–Crippen LogP) is 5.10. The fourth-order valence-corrected chi connectivity index (χ4v) is 6.06. The van der Waals surface area contributed by atoms with Crippen molar-refractivity contribution < 1.29 is 35.8 Å². The molecule has 2 aliphatic rings. The molecule has 3 aromatic rings. The van der Waals surface area contributed by atoms with Gasteiger partial charge in [-0.15, -0.1) is 0 Å². The van der Waals surface area contributed by atoms with Crippen LogP contribution in [0.15, 0.2) is 53.4 Å². The van der Waals surface area contributed by atoms with Gasteiger partial charge in [-0.2, -0.15) is 4.31 Å². The van der Waals surface area contributed by atoms with Crippen molar-refractivity contribution in [2.24, 2.45) is 0 Å². The van der Waals surface area contributed by atoms with Crippen molar-refractivity contribution in [1.82, 2.24) is 4.31 Å². The van der Waals surface area contributed by atoms with Gasteiger partial charge in [0, 0.05) is 25.2 Å². The highest BCUT2D eigenvalue weighted by Crippen LogP contribution is 2.52. The van der Waals surface area contributed by atoms with Crippen LogP contribution < -0.4 is 9.47 Å². The van der Waals surface area contributed by atoms with Crippen LogP contribution in [0.5, 0.6) is 11.5 Å². The van der Waals surface area contributed by atoms with E-state index in [1.807, 2.05) is 0 Å². The molecule has 0 amide bonds. The third-order valence-corrected chi connectivity index (χ3v) is 8.20. The van der Waals surface area contributed by atoms with Crippen LogP contribution in [0.1, 0.15) is 11.1 Å². The molecule has 0 saturated carbocycles. The van der Waals surface area contributed by atoms with Gasteiger partial charge in [0.1, 0.15) is 22.3 Å². The van der Waals surface area contributed by atoms with Gasteiger partial charge in [-0.3, -0.25) is 0 Å². The number of benzene rings is 3. The molecule has 12 heteroatoms. The zero-order valence-electron chi connectivity index (χ0n) is 17.7. The van der Waals surface area contributed by atoms with Crippen LogP contribution in [0.25, 0.3) is 0 Å². The van der Waals surface area contributed by atoms with Crippen molar-refractivity contribution in [3.05, 3.63) is 87.2 Å². The normalized spacial score (nSPS) is 17.5. The Hall–Kier alpha value is -2.50. The number of rotatable bonds is 4. The Morgan fingerprint density at radius 3 is 1.83 bits per heavy atom. The maximum absolute atomic E-state index is 15.1. The molecular weight excluding hydrogens is 530 g/mol. The molecule has 2 heterocycles. The van der Waals surface area contributed by atoms with E-state index in [0.717, 1.165) is 40.7 Å². The van der Waals surface area contributed by atoms with E-state index in [1.54, 1.807) is 0 Å². The smallest absolute Gasteiger partial charge is 0.308 e. The van der Waals surface area contributed by atoms with Gasteiger partial charge < -0.3 is 14.2 Å². The van der Waals surface area contributed by atoms with Crippen LogP contribution in [0.4, 0.5) is 13.2 Å². The molecule has 0 unspecified atom stereocenters. The Morgan fingerprint density at radius 1 is 0.800 bits per heavy atom. The van der Waals surface area contributed by atoms with Gasteiger partial charge in [-0.1, -0.05) is 23.2 Å². The fourth-order valence-electron chi connectivity index (χ4n) is 4.01. The minimum Gasteiger partial charge on any atom is -0.440 e. The van der Waals surface area contributed by atoms with Crippen molar-refractivity contribution in [2.45, 2.75) is 10.7 Å². The largest absolute Gasteiger partial charge is 0.440 e. The number of ether oxygens (including phenoxy) is 3. The number of morpholine rings is 1. The van der Waals surface area contributed by atoms with Gasteiger partial charge in [0.15, 0.2) is 11.5 Å². The second-order valence-corrected chi connectivity index (χ2v) is 10.5. The third-order valence-electron chi connectivity index (χ3n) is 5.66. The van der Waals surface area contributed by atoms with E-state index in [0.29, 0.717) is 0 Å². The van der Waals surface area contributed by atoms with Crippen molar-refractivity contribution in [2.75, 3.05) is 26.3 Å². The molecule has 0 radical (unpaired) electrons. The quantitative estimate of drug-likeness (QED) is 0.456. The zero-order chi connectivity index (χ0) is 25.0. The monoisotopic (exact) mass is 545 g/mol. The summed E-state index contributed by atoms with van der Waals surface area (Å²) < 4.78 is 87.3. The Kier molecular flexibility index (Phi) is 6.13. The number of nitrogens with zero attached hydrogens (tertiary/aromatic N) is 1. The van der Waals surface area contributed by atoms with Crippen LogP contribution in [0.3, 0.4) is 0 Å². The zero-order valence-corrected chi connectivity index (χ0v) is 20.1. The van der Waals surface area contributed by atoms with Crippen LogP contribution in [0.2, 0.25) is 10.0 Å². The summed E-state index contributed by atoms with van der Waals surface area (Å²) in [4.78, 5) is -0.618. The first kappa shape index (κ1) is 24.2. The summed E-state index contributed by atoms with van der Waals surface area (Å²) in [5.41, 5.74) is 0.173. The third kappa shape index (κ3) is 4.13. The van der Waals surface area contributed by atoms with Crippen LogP contribution in [-0.2, 0) is 20.5 Å². The number of hydrogen-bond acceptors (Lipinski definition) is 5. The molecule has 0 N–H and O–H groups in total. The summed E-state index contributed by atoms with van der Waals surface area (Å²) >= 11 is 12.6. The van der Waals surface area contributed by atoms with E-state index >= 15 is 4.39 Å². The first-order chi connectivity index (χ1) is 16.6. The fraction of sp³-hybridized carbons (Fsp3) is 0.217. The Morgan fingerprint density at radius 2 is 1.31 bits per heavy atom. The molecule has 0 bridgehead atoms. The molecule has 1 saturated heterocycles. The van der Waals surface area contributed by atoms with Crippen molar-refractivity contribution in [3.63, 3.8) is 0 Å². The molecule has 0 spiro atoms. The Labute approximate surface area is 208 Å². The average molecular weight is 546 g/mol. The lowest BCUT2D eigenvalue weighted by Crippen LogP contribution is -2.40. The summed E-state index contributed by atoms with van der Waals surface area (Å²) in [6.45, 7) is 0.494. The Bertz CT molecular complexity index is 1380. The van der Waals surface area contributed by atoms with E-state index in [4.69, 9.17) is 37.4 Å². The standard InChI is InChI=1S/C23H16Cl2F3NO5S/c24-17-9-13(26)1-3-15(17)23(16-4-2-14(27)10-18(16)25)33-20-11-19(28)22(12-21(20)34-23)35(30,31)29-5-7-32-8-6-29/h1-4,9-12H,5-8H2. The van der Waals surface area contributed by atoms with E-state index < -0.39 is 38.2 Å². The van der Waals surface area contributed by atoms with E-state index in [1.165, 1.54) is 12.1 Å². The Balaban J connectivity index is 1.66. The molecule has 0 atom stereocenters. The molecule has 0 aliphatic carbocycles. The number of hydrogen-bond donors (Lipinski definition) is 0. The van der Waals surface area contributed by atoms with Gasteiger partial charge >= 0.3 is 5.79 Å². The lowest BCUT2D eigenvalue weighted by molar-refractivity contribution is -0.0458. The summed E-state index contributed by atoms with van der Waals surface area (Å²) in [5, 5.41) is -0.223. The van der Waals surface area contributed by atoms with Gasteiger partial charge in [0.25, 0.3) is 0 Å². The lowest BCUT2D eigenvalue weighted by atomic mass is 9.96. The summed E-state index contributed by atoms with van der Waals surface area (Å²) in [6.07, 6.45) is 0. The highest BCUT2D eigenvalue weighted by molar-refractivity contribution is 7.89. The minimum absolute atomic E-state index is 0.0660. The van der Waals surface area contributed by atoms with Gasteiger partial charge in [-0.25, -0.2) is 21.6 Å². The SMILES string of the molecule is O=S(=O)(c1cc2c(cc1F)OC(c1ccc(F)cc1Cl)(c1ccc(F)cc1Cl)O2)N1CCOCC1. The maximum atomic E-state index is 15.1. The van der Waals surface area contributed by atoms with Crippen LogP contribution in [0, 0.1) is 17.5 Å². The van der Waals surface area contributed by atoms with Gasteiger partial charge in [0.2, 0.25) is 10.0 Å². The van der Waals surface area contributed by atoms with Gasteiger partial charge in [-0.05, 0) is 36.4 Å². The molecule has 184 valence electrons. The molecule has 5 rings (SSSR count). The molecule has 3 aromatic carbocycles. The summed E-state index contributed by atoms with van der Waals surface area (Å²) in [7, 11) is -4.22. The highest BCUT2D eigenvalue weighted by atomic mass is 35.5. The first-order valence-electron chi connectivity index (χ1n) is 10.3. The number of sulfonamides is 1. The lowest BCUT2D eigenvalue weighted by Gasteiger charge is -2.30. The van der Waals surface area contributed by atoms with Crippen molar-refractivity contribution >= 4 is 33.2 Å². The highest BCUT2D eigenvalue weighted by Gasteiger charge is 2.49. The molecule has 6 nitrogen and oxygen atoms in total. The van der Waals surface area contributed by atoms with E-state index in [-0.39, 0.29) is 59.0 Å². The molecule has 1 fully saturated rings. The van der Waals surface area contributed by atoms with Crippen LogP contribution in [-0.4, -0.2) is 39.0 Å². The summed E-state index contributed by atoms with van der Waals surface area (Å²) in [6, 6.07) is 8.68. The topological polar surface area (TPSA) is 65.1 Å². The van der Waals surface area contributed by atoms with E-state index in [9.17, 15) is 17.2 Å². The minimum atomic E-state index is -4.22. The second kappa shape index (κ2) is 8.86. The molecule has 0 aromatic heterocycles. The maximum Gasteiger partial charge on any atom is 0.308 e. The summed E-state index contributed by atoms with van der Waals surface area (Å²) in [5.74, 6) is -4.60. The molecule has 2 aliphatic heterocycles. The number of fused-ring (bicyclic) bond motifs is 1. The average Bonchev–Trinajstić information content (AvgIpc) is 3.17. The first-order valence-corrected chi connectivity index (χ1v) is 12.5. The van der Waals surface area contributed by atoms with Gasteiger partial charge in [0.05, 0.1) is 34.4 Å². The second-order valence-electron chi connectivity index (χ2n) is 7.81. The molecule has 35 heavy (non-hydrogen) atoms. The number of halogens is 5. The van der Waals surface area contributed by atoms with Crippen molar-refractivity contribution in [3.8, 4) is 11.5 Å². The van der Waals surface area contributed by atoms with Crippen molar-refractivity contribution in [1.29, 1.82) is 0 Å². The predicted molar refractivity (Wildman–Crippen MR) is 121 cm³/mol. The molecular formula is C23H16Cl2F3NO5S.